The fourth-order valence-corrected chi connectivity index (χ4v) is 3.90. The van der Waals surface area contributed by atoms with Crippen LogP contribution in [0.1, 0.15) is 23.7 Å². The molecule has 1 aromatic heterocycles. The van der Waals surface area contributed by atoms with Gasteiger partial charge in [0.2, 0.25) is 0 Å². The second-order valence-corrected chi connectivity index (χ2v) is 8.79. The van der Waals surface area contributed by atoms with Crippen molar-refractivity contribution in [3.05, 3.63) is 48.0 Å². The number of fused-ring (bicyclic) bond motifs is 1. The zero-order chi connectivity index (χ0) is 18.7. The van der Waals surface area contributed by atoms with E-state index in [2.05, 4.69) is 10.3 Å². The molecule has 0 aliphatic carbocycles. The van der Waals surface area contributed by atoms with Gasteiger partial charge in [0, 0.05) is 11.8 Å². The third-order valence-corrected chi connectivity index (χ3v) is 5.64. The molecule has 26 heavy (non-hydrogen) atoms. The van der Waals surface area contributed by atoms with Crippen molar-refractivity contribution in [2.24, 2.45) is 0 Å². The first-order chi connectivity index (χ1) is 12.4. The van der Waals surface area contributed by atoms with Crippen molar-refractivity contribution in [2.45, 2.75) is 18.2 Å². The van der Waals surface area contributed by atoms with Crippen LogP contribution in [0.25, 0.3) is 10.2 Å². The summed E-state index contributed by atoms with van der Waals surface area (Å²) in [6.07, 6.45) is 2.08. The van der Waals surface area contributed by atoms with Gasteiger partial charge in [0.25, 0.3) is 5.91 Å². The number of aromatic nitrogens is 1. The predicted octanol–water partition coefficient (Wildman–Crippen LogP) is 3.74. The number of anilines is 1. The molecule has 1 N–H and O–H groups in total. The van der Waals surface area contributed by atoms with Gasteiger partial charge in [-0.3, -0.25) is 10.1 Å². The van der Waals surface area contributed by atoms with E-state index in [0.717, 1.165) is 18.4 Å². The van der Waals surface area contributed by atoms with Gasteiger partial charge in [0.15, 0.2) is 15.0 Å². The number of sulfone groups is 1. The highest BCUT2D eigenvalue weighted by molar-refractivity contribution is 7.90. The first-order valence-corrected chi connectivity index (χ1v) is 10.7. The lowest BCUT2D eigenvalue weighted by atomic mass is 10.2. The molecule has 1 amide bonds. The molecule has 0 unspecified atom stereocenters. The summed E-state index contributed by atoms with van der Waals surface area (Å²) in [7, 11) is -3.28. The van der Waals surface area contributed by atoms with E-state index in [1.165, 1.54) is 17.4 Å². The van der Waals surface area contributed by atoms with Crippen molar-refractivity contribution in [2.75, 3.05) is 18.2 Å². The molecular formula is C18H18N2O4S2. The van der Waals surface area contributed by atoms with Gasteiger partial charge in [-0.1, -0.05) is 18.3 Å². The van der Waals surface area contributed by atoms with Gasteiger partial charge in [-0.25, -0.2) is 13.4 Å². The molecule has 3 aromatic rings. The maximum Gasteiger partial charge on any atom is 0.257 e. The minimum Gasteiger partial charge on any atom is -0.494 e. The average molecular weight is 390 g/mol. The highest BCUT2D eigenvalue weighted by Gasteiger charge is 2.13. The number of rotatable bonds is 6. The fourth-order valence-electron chi connectivity index (χ4n) is 2.28. The molecule has 0 aliphatic rings. The fraction of sp³-hybridized carbons (Fsp3) is 0.222. The average Bonchev–Trinajstić information content (AvgIpc) is 3.01. The molecule has 0 fully saturated rings. The Morgan fingerprint density at radius 2 is 1.92 bits per heavy atom. The van der Waals surface area contributed by atoms with Gasteiger partial charge in [-0.2, -0.15) is 0 Å². The number of amides is 1. The van der Waals surface area contributed by atoms with E-state index in [9.17, 15) is 13.2 Å². The van der Waals surface area contributed by atoms with Crippen molar-refractivity contribution in [3.63, 3.8) is 0 Å². The van der Waals surface area contributed by atoms with Crippen LogP contribution in [0.5, 0.6) is 5.75 Å². The molecule has 0 bridgehead atoms. The number of hydrogen-bond acceptors (Lipinski definition) is 6. The summed E-state index contributed by atoms with van der Waals surface area (Å²) < 4.78 is 29.5. The molecule has 0 saturated heterocycles. The number of hydrogen-bond donors (Lipinski definition) is 1. The Bertz CT molecular complexity index is 1040. The normalized spacial score (nSPS) is 11.5. The summed E-state index contributed by atoms with van der Waals surface area (Å²) in [6.45, 7) is 2.66. The maximum absolute atomic E-state index is 12.4. The smallest absolute Gasteiger partial charge is 0.257 e. The topological polar surface area (TPSA) is 85.4 Å². The van der Waals surface area contributed by atoms with E-state index in [-0.39, 0.29) is 10.8 Å². The van der Waals surface area contributed by atoms with E-state index < -0.39 is 9.84 Å². The van der Waals surface area contributed by atoms with Crippen LogP contribution in [0.15, 0.2) is 47.4 Å². The molecule has 2 aromatic carbocycles. The van der Waals surface area contributed by atoms with Crippen LogP contribution in [-0.4, -0.2) is 32.2 Å². The Balaban J connectivity index is 1.76. The van der Waals surface area contributed by atoms with Crippen LogP contribution in [0.4, 0.5) is 5.13 Å². The third-order valence-electron chi connectivity index (χ3n) is 3.60. The standard InChI is InChI=1S/C18H18N2O4S2/c1-3-10-24-13-6-4-12(5-7-13)17(21)20-18-19-15-9-8-14(26(2,22)23)11-16(15)25-18/h4-9,11H,3,10H2,1-2H3,(H,19,20,21). The quantitative estimate of drug-likeness (QED) is 0.693. The summed E-state index contributed by atoms with van der Waals surface area (Å²) in [5, 5.41) is 3.17. The third kappa shape index (κ3) is 4.20. The number of nitrogens with zero attached hydrogens (tertiary/aromatic N) is 1. The monoisotopic (exact) mass is 390 g/mol. The number of benzene rings is 2. The van der Waals surface area contributed by atoms with Crippen molar-refractivity contribution in [1.29, 1.82) is 0 Å². The summed E-state index contributed by atoms with van der Waals surface area (Å²) in [5.41, 5.74) is 1.13. The number of thiazole rings is 1. The van der Waals surface area contributed by atoms with Crippen LogP contribution in [0.2, 0.25) is 0 Å². The molecule has 0 aliphatic heterocycles. The summed E-state index contributed by atoms with van der Waals surface area (Å²) in [4.78, 5) is 16.9. The molecule has 8 heteroatoms. The number of carbonyl (C=O) groups is 1. The zero-order valence-electron chi connectivity index (χ0n) is 14.4. The van der Waals surface area contributed by atoms with E-state index >= 15 is 0 Å². The van der Waals surface area contributed by atoms with Crippen LogP contribution < -0.4 is 10.1 Å². The largest absolute Gasteiger partial charge is 0.494 e. The molecule has 0 atom stereocenters. The summed E-state index contributed by atoms with van der Waals surface area (Å²) in [5.74, 6) is 0.436. The Morgan fingerprint density at radius 3 is 2.58 bits per heavy atom. The van der Waals surface area contributed by atoms with Crippen LogP contribution in [0, 0.1) is 0 Å². The Kier molecular flexibility index (Phi) is 5.24. The van der Waals surface area contributed by atoms with Gasteiger partial charge in [0.1, 0.15) is 5.75 Å². The SMILES string of the molecule is CCCOc1ccc(C(=O)Nc2nc3ccc(S(C)(=O)=O)cc3s2)cc1. The van der Waals surface area contributed by atoms with Gasteiger partial charge >= 0.3 is 0 Å². The molecule has 0 saturated carbocycles. The first kappa shape index (κ1) is 18.3. The van der Waals surface area contributed by atoms with Crippen molar-refractivity contribution in [3.8, 4) is 5.75 Å². The molecular weight excluding hydrogens is 372 g/mol. The minimum absolute atomic E-state index is 0.231. The first-order valence-electron chi connectivity index (χ1n) is 8.01. The van der Waals surface area contributed by atoms with E-state index in [1.807, 2.05) is 6.92 Å². The minimum atomic E-state index is -3.28. The number of carbonyl (C=O) groups excluding carboxylic acids is 1. The summed E-state index contributed by atoms with van der Waals surface area (Å²) in [6, 6.07) is 11.6. The van der Waals surface area contributed by atoms with Crippen molar-refractivity contribution < 1.29 is 17.9 Å². The number of ether oxygens (including phenoxy) is 1. The molecule has 6 nitrogen and oxygen atoms in total. The van der Waals surface area contributed by atoms with Gasteiger partial charge in [-0.05, 0) is 48.9 Å². The zero-order valence-corrected chi connectivity index (χ0v) is 16.0. The molecule has 0 radical (unpaired) electrons. The second kappa shape index (κ2) is 7.43. The van der Waals surface area contributed by atoms with Crippen molar-refractivity contribution >= 4 is 42.4 Å². The summed E-state index contributed by atoms with van der Waals surface area (Å²) >= 11 is 1.23. The van der Waals surface area contributed by atoms with Crippen LogP contribution >= 0.6 is 11.3 Å². The highest BCUT2D eigenvalue weighted by atomic mass is 32.2. The van der Waals surface area contributed by atoms with E-state index in [0.29, 0.717) is 27.5 Å². The van der Waals surface area contributed by atoms with Crippen molar-refractivity contribution in [1.82, 2.24) is 4.98 Å². The Labute approximate surface area is 155 Å². The van der Waals surface area contributed by atoms with Crippen LogP contribution in [0.3, 0.4) is 0 Å². The molecule has 136 valence electrons. The van der Waals surface area contributed by atoms with Gasteiger partial charge in [-0.15, -0.1) is 0 Å². The van der Waals surface area contributed by atoms with E-state index in [4.69, 9.17) is 4.74 Å². The van der Waals surface area contributed by atoms with Gasteiger partial charge < -0.3 is 4.74 Å². The molecule has 0 spiro atoms. The Hall–Kier alpha value is -2.45. The lowest BCUT2D eigenvalue weighted by Crippen LogP contribution is -2.11. The lowest BCUT2D eigenvalue weighted by molar-refractivity contribution is 0.102. The highest BCUT2D eigenvalue weighted by Crippen LogP contribution is 2.28. The maximum atomic E-state index is 12.4. The van der Waals surface area contributed by atoms with Crippen LogP contribution in [-0.2, 0) is 9.84 Å². The predicted molar refractivity (Wildman–Crippen MR) is 103 cm³/mol. The Morgan fingerprint density at radius 1 is 1.19 bits per heavy atom. The molecule has 3 rings (SSSR count). The van der Waals surface area contributed by atoms with E-state index in [1.54, 1.807) is 36.4 Å². The number of nitrogens with one attached hydrogen (secondary N) is 1. The second-order valence-electron chi connectivity index (χ2n) is 5.75. The van der Waals surface area contributed by atoms with Gasteiger partial charge in [0.05, 0.1) is 21.7 Å². The lowest BCUT2D eigenvalue weighted by Gasteiger charge is -2.05. The molecule has 1 heterocycles.